The van der Waals surface area contributed by atoms with Crippen LogP contribution in [0.2, 0.25) is 0 Å². The molecule has 1 aromatic carbocycles. The maximum atomic E-state index is 13.4. The molecule has 1 unspecified atom stereocenters. The third-order valence-corrected chi connectivity index (χ3v) is 4.64. The van der Waals surface area contributed by atoms with Crippen molar-refractivity contribution >= 4 is 33.2 Å². The highest BCUT2D eigenvalue weighted by atomic mass is 35.5. The fraction of sp³-hybridized carbons (Fsp3) is 0.200. The SMILES string of the molecule is CCC(Cl)c1nc2scc(-c3cccc(F)c3)c2c(=O)[nH]1. The van der Waals surface area contributed by atoms with E-state index < -0.39 is 0 Å². The number of benzene rings is 1. The molecule has 0 fully saturated rings. The minimum atomic E-state index is -0.334. The van der Waals surface area contributed by atoms with E-state index in [1.807, 2.05) is 12.3 Å². The van der Waals surface area contributed by atoms with Gasteiger partial charge >= 0.3 is 0 Å². The average Bonchev–Trinajstić information content (AvgIpc) is 2.91. The molecule has 0 spiro atoms. The van der Waals surface area contributed by atoms with Crippen molar-refractivity contribution in [2.45, 2.75) is 18.7 Å². The van der Waals surface area contributed by atoms with Gasteiger partial charge in [0.2, 0.25) is 0 Å². The van der Waals surface area contributed by atoms with Crippen molar-refractivity contribution in [2.24, 2.45) is 0 Å². The van der Waals surface area contributed by atoms with Crippen LogP contribution in [-0.4, -0.2) is 9.97 Å². The van der Waals surface area contributed by atoms with Crippen LogP contribution >= 0.6 is 22.9 Å². The standard InChI is InChI=1S/C15H12ClFN2OS/c1-2-11(16)13-18-14(20)12-10(7-21-15(12)19-13)8-4-3-5-9(17)6-8/h3-7,11H,2H2,1H3,(H,18,19,20). The third kappa shape index (κ3) is 2.59. The number of alkyl halides is 1. The van der Waals surface area contributed by atoms with Gasteiger partial charge in [-0.1, -0.05) is 19.1 Å². The summed E-state index contributed by atoms with van der Waals surface area (Å²) in [6.45, 7) is 1.93. The number of hydrogen-bond acceptors (Lipinski definition) is 3. The first-order valence-electron chi connectivity index (χ1n) is 6.51. The lowest BCUT2D eigenvalue weighted by atomic mass is 10.1. The lowest BCUT2D eigenvalue weighted by molar-refractivity contribution is 0.628. The molecule has 3 rings (SSSR count). The maximum Gasteiger partial charge on any atom is 0.260 e. The van der Waals surface area contributed by atoms with Crippen LogP contribution < -0.4 is 5.56 Å². The van der Waals surface area contributed by atoms with Gasteiger partial charge in [0, 0.05) is 10.9 Å². The third-order valence-electron chi connectivity index (χ3n) is 3.25. The van der Waals surface area contributed by atoms with Gasteiger partial charge < -0.3 is 4.98 Å². The Bertz CT molecular complexity index is 858. The van der Waals surface area contributed by atoms with Crippen molar-refractivity contribution in [3.05, 3.63) is 51.6 Å². The maximum absolute atomic E-state index is 13.4. The molecule has 0 saturated carbocycles. The highest BCUT2D eigenvalue weighted by Crippen LogP contribution is 2.32. The minimum absolute atomic E-state index is 0.241. The van der Waals surface area contributed by atoms with E-state index in [0.717, 1.165) is 0 Å². The van der Waals surface area contributed by atoms with E-state index in [-0.39, 0.29) is 16.8 Å². The van der Waals surface area contributed by atoms with E-state index in [4.69, 9.17) is 11.6 Å². The van der Waals surface area contributed by atoms with Crippen LogP contribution in [0, 0.1) is 5.82 Å². The summed E-state index contributed by atoms with van der Waals surface area (Å²) in [4.78, 5) is 20.1. The Balaban J connectivity index is 2.21. The lowest BCUT2D eigenvalue weighted by Gasteiger charge is -2.05. The molecule has 3 nitrogen and oxygen atoms in total. The molecule has 0 saturated heterocycles. The van der Waals surface area contributed by atoms with Crippen LogP contribution in [0.25, 0.3) is 21.3 Å². The molecule has 1 N–H and O–H groups in total. The number of aromatic nitrogens is 2. The second-order valence-electron chi connectivity index (χ2n) is 4.67. The van der Waals surface area contributed by atoms with Crippen molar-refractivity contribution < 1.29 is 4.39 Å². The van der Waals surface area contributed by atoms with Crippen LogP contribution in [0.5, 0.6) is 0 Å². The Morgan fingerprint density at radius 1 is 1.48 bits per heavy atom. The molecular formula is C15H12ClFN2OS. The summed E-state index contributed by atoms with van der Waals surface area (Å²) in [5, 5.41) is 1.98. The normalized spacial score (nSPS) is 12.7. The molecule has 108 valence electrons. The van der Waals surface area contributed by atoms with Crippen LogP contribution in [0.1, 0.15) is 24.5 Å². The summed E-state index contributed by atoms with van der Waals surface area (Å²) in [6, 6.07) is 6.17. The predicted octanol–water partition coefficient (Wildman–Crippen LogP) is 4.48. The Hall–Kier alpha value is -1.72. The zero-order valence-corrected chi connectivity index (χ0v) is 12.8. The van der Waals surface area contributed by atoms with Crippen molar-refractivity contribution in [3.63, 3.8) is 0 Å². The number of fused-ring (bicyclic) bond motifs is 1. The second-order valence-corrected chi connectivity index (χ2v) is 6.05. The van der Waals surface area contributed by atoms with Gasteiger partial charge in [-0.2, -0.15) is 0 Å². The summed E-state index contributed by atoms with van der Waals surface area (Å²) < 4.78 is 13.4. The molecule has 3 aromatic rings. The topological polar surface area (TPSA) is 45.8 Å². The lowest BCUT2D eigenvalue weighted by Crippen LogP contribution is -2.12. The summed E-state index contributed by atoms with van der Waals surface area (Å²) in [5.74, 6) is 0.143. The Kier molecular flexibility index (Phi) is 3.78. The van der Waals surface area contributed by atoms with E-state index in [0.29, 0.717) is 33.6 Å². The molecule has 0 bridgehead atoms. The summed E-state index contributed by atoms with van der Waals surface area (Å²) in [6.07, 6.45) is 0.679. The van der Waals surface area contributed by atoms with Gasteiger partial charge in [-0.3, -0.25) is 4.79 Å². The van der Waals surface area contributed by atoms with Crippen molar-refractivity contribution in [1.82, 2.24) is 9.97 Å². The van der Waals surface area contributed by atoms with Crippen LogP contribution in [0.15, 0.2) is 34.4 Å². The number of halogens is 2. The fourth-order valence-electron chi connectivity index (χ4n) is 2.18. The van der Waals surface area contributed by atoms with E-state index in [1.165, 1.54) is 23.5 Å². The molecule has 0 radical (unpaired) electrons. The van der Waals surface area contributed by atoms with E-state index in [9.17, 15) is 9.18 Å². The summed E-state index contributed by atoms with van der Waals surface area (Å²) in [7, 11) is 0. The molecule has 0 amide bonds. The van der Waals surface area contributed by atoms with E-state index in [1.54, 1.807) is 12.1 Å². The summed E-state index contributed by atoms with van der Waals surface area (Å²) in [5.41, 5.74) is 1.12. The van der Waals surface area contributed by atoms with Crippen LogP contribution in [0.3, 0.4) is 0 Å². The summed E-state index contributed by atoms with van der Waals surface area (Å²) >= 11 is 7.49. The number of nitrogens with one attached hydrogen (secondary N) is 1. The van der Waals surface area contributed by atoms with Crippen LogP contribution in [0.4, 0.5) is 4.39 Å². The smallest absolute Gasteiger partial charge is 0.260 e. The second kappa shape index (κ2) is 5.58. The van der Waals surface area contributed by atoms with Gasteiger partial charge in [0.25, 0.3) is 5.56 Å². The Labute approximate surface area is 129 Å². The van der Waals surface area contributed by atoms with Gasteiger partial charge in [-0.15, -0.1) is 22.9 Å². The average molecular weight is 323 g/mol. The molecule has 1 atom stereocenters. The van der Waals surface area contributed by atoms with Crippen LogP contribution in [-0.2, 0) is 0 Å². The number of hydrogen-bond donors (Lipinski definition) is 1. The highest BCUT2D eigenvalue weighted by Gasteiger charge is 2.16. The zero-order chi connectivity index (χ0) is 15.0. The molecule has 0 aliphatic carbocycles. The monoisotopic (exact) mass is 322 g/mol. The molecular weight excluding hydrogens is 311 g/mol. The first-order chi connectivity index (χ1) is 10.1. The van der Waals surface area contributed by atoms with Crippen molar-refractivity contribution in [3.8, 4) is 11.1 Å². The minimum Gasteiger partial charge on any atom is -0.309 e. The first kappa shape index (κ1) is 14.2. The van der Waals surface area contributed by atoms with Gasteiger partial charge in [-0.25, -0.2) is 9.37 Å². The van der Waals surface area contributed by atoms with E-state index >= 15 is 0 Å². The molecule has 21 heavy (non-hydrogen) atoms. The predicted molar refractivity (Wildman–Crippen MR) is 84.5 cm³/mol. The zero-order valence-electron chi connectivity index (χ0n) is 11.2. The van der Waals surface area contributed by atoms with Gasteiger partial charge in [-0.05, 0) is 24.1 Å². The van der Waals surface area contributed by atoms with Crippen molar-refractivity contribution in [2.75, 3.05) is 0 Å². The molecule has 2 heterocycles. The number of H-pyrrole nitrogens is 1. The first-order valence-corrected chi connectivity index (χ1v) is 7.83. The highest BCUT2D eigenvalue weighted by molar-refractivity contribution is 7.17. The number of aromatic amines is 1. The number of rotatable bonds is 3. The largest absolute Gasteiger partial charge is 0.309 e. The van der Waals surface area contributed by atoms with Gasteiger partial charge in [0.15, 0.2) is 0 Å². The Morgan fingerprint density at radius 2 is 2.29 bits per heavy atom. The number of thiophene rings is 1. The van der Waals surface area contributed by atoms with Crippen molar-refractivity contribution in [1.29, 1.82) is 0 Å². The van der Waals surface area contributed by atoms with E-state index in [2.05, 4.69) is 9.97 Å². The van der Waals surface area contributed by atoms with Gasteiger partial charge in [0.1, 0.15) is 16.5 Å². The van der Waals surface area contributed by atoms with Gasteiger partial charge in [0.05, 0.1) is 10.8 Å². The molecule has 0 aliphatic heterocycles. The molecule has 2 aromatic heterocycles. The quantitative estimate of drug-likeness (QED) is 0.723. The number of nitrogens with zero attached hydrogens (tertiary/aromatic N) is 1. The fourth-order valence-corrected chi connectivity index (χ4v) is 3.23. The molecule has 0 aliphatic rings. The Morgan fingerprint density at radius 3 is 3.00 bits per heavy atom. The molecule has 6 heteroatoms.